The van der Waals surface area contributed by atoms with E-state index in [1.54, 1.807) is 5.80 Å². The van der Waals surface area contributed by atoms with Gasteiger partial charge < -0.3 is 0 Å². The number of carbonyl (C=O) groups excluding carboxylic acids is 1. The Hall–Kier alpha value is -2.50. The topological polar surface area (TPSA) is 17.1 Å². The zero-order valence-electron chi connectivity index (χ0n) is 12.7. The summed E-state index contributed by atoms with van der Waals surface area (Å²) in [5.74, 6) is 1.64. The zero-order chi connectivity index (χ0) is 16.1. The first kappa shape index (κ1) is 15.4. The maximum Gasteiger partial charge on any atom is 0.216 e. The molecule has 23 heavy (non-hydrogen) atoms. The van der Waals surface area contributed by atoms with Crippen molar-refractivity contribution in [1.29, 1.82) is 0 Å². The van der Waals surface area contributed by atoms with E-state index in [9.17, 15) is 4.79 Å². The summed E-state index contributed by atoms with van der Waals surface area (Å²) in [6.07, 6.45) is 0. The predicted molar refractivity (Wildman–Crippen MR) is 100.0 cm³/mol. The van der Waals surface area contributed by atoms with Crippen molar-refractivity contribution in [3.05, 3.63) is 108 Å². The molecule has 0 saturated carbocycles. The summed E-state index contributed by atoms with van der Waals surface area (Å²) in [5, 5.41) is 0. The standard InChI is InChI=1S/C21H17OP/c22-20(16-23)21(17-10-4-1-5-11-17,18-12-6-2-7-13-18)19-14-8-3-9-15-19/h1-16,23H/p+1. The van der Waals surface area contributed by atoms with Crippen molar-refractivity contribution in [3.8, 4) is 0 Å². The van der Waals surface area contributed by atoms with Gasteiger partial charge in [-0.2, -0.15) is 0 Å². The molecule has 0 aliphatic heterocycles. The number of ketones is 1. The van der Waals surface area contributed by atoms with Crippen LogP contribution in [0.5, 0.6) is 0 Å². The van der Waals surface area contributed by atoms with E-state index in [0.717, 1.165) is 16.7 Å². The highest BCUT2D eigenvalue weighted by atomic mass is 31.0. The molecule has 1 nitrogen and oxygen atoms in total. The first-order valence-electron chi connectivity index (χ1n) is 7.56. The van der Waals surface area contributed by atoms with Gasteiger partial charge in [-0.05, 0) is 16.7 Å². The number of hydrogen-bond donors (Lipinski definition) is 0. The molecule has 0 aliphatic rings. The quantitative estimate of drug-likeness (QED) is 0.507. The highest BCUT2D eigenvalue weighted by Gasteiger charge is 2.43. The van der Waals surface area contributed by atoms with Gasteiger partial charge in [-0.1, -0.05) is 91.0 Å². The van der Waals surface area contributed by atoms with Gasteiger partial charge in [0, 0.05) is 0 Å². The number of carbonyl (C=O) groups is 1. The van der Waals surface area contributed by atoms with E-state index in [1.165, 1.54) is 0 Å². The minimum Gasteiger partial charge on any atom is -0.289 e. The minimum absolute atomic E-state index is 0.0473. The third-order valence-corrected chi connectivity index (χ3v) is 4.44. The van der Waals surface area contributed by atoms with E-state index in [-0.39, 0.29) is 5.78 Å². The second-order valence-corrected chi connectivity index (χ2v) is 5.71. The highest BCUT2D eigenvalue weighted by molar-refractivity contribution is 7.22. The molecule has 0 N–H and O–H groups in total. The molecule has 1 unspecified atom stereocenters. The van der Waals surface area contributed by atoms with Crippen LogP contribution in [0, 0.1) is 0 Å². The Morgan fingerprint density at radius 2 is 0.957 bits per heavy atom. The van der Waals surface area contributed by atoms with Crippen molar-refractivity contribution in [2.75, 3.05) is 0 Å². The molecular formula is C21H18OP+. The largest absolute Gasteiger partial charge is 0.289 e. The fourth-order valence-corrected chi connectivity index (χ4v) is 3.37. The fraction of sp³-hybridized carbons (Fsp3) is 0.0476. The highest BCUT2D eigenvalue weighted by Crippen LogP contribution is 2.39. The molecule has 0 saturated heterocycles. The number of rotatable bonds is 5. The van der Waals surface area contributed by atoms with Crippen molar-refractivity contribution >= 4 is 20.4 Å². The van der Waals surface area contributed by atoms with Gasteiger partial charge in [0.15, 0.2) is 0 Å². The SMILES string of the molecule is O=C(C=[PH2+])C(c1ccccc1)(c1ccccc1)c1ccccc1. The van der Waals surface area contributed by atoms with Gasteiger partial charge in [0.05, 0.1) is 8.86 Å². The zero-order valence-corrected chi connectivity index (χ0v) is 13.9. The molecule has 0 bridgehead atoms. The van der Waals surface area contributed by atoms with E-state index in [0.29, 0.717) is 0 Å². The average molecular weight is 317 g/mol. The monoisotopic (exact) mass is 317 g/mol. The smallest absolute Gasteiger partial charge is 0.216 e. The Balaban J connectivity index is 2.40. The van der Waals surface area contributed by atoms with E-state index in [1.807, 2.05) is 91.0 Å². The summed E-state index contributed by atoms with van der Waals surface area (Å²) >= 11 is 0. The van der Waals surface area contributed by atoms with Crippen LogP contribution in [0.2, 0.25) is 0 Å². The lowest BCUT2D eigenvalue weighted by Gasteiger charge is -2.32. The number of Topliss-reactive ketones (excluding diaryl/α,β-unsaturated/α-hetero) is 1. The van der Waals surface area contributed by atoms with Crippen LogP contribution in [0.15, 0.2) is 91.0 Å². The first-order chi connectivity index (χ1) is 11.3. The summed E-state index contributed by atoms with van der Waals surface area (Å²) in [6, 6.07) is 29.9. The van der Waals surface area contributed by atoms with Gasteiger partial charge in [-0.3, -0.25) is 4.79 Å². The number of benzene rings is 3. The van der Waals surface area contributed by atoms with Crippen molar-refractivity contribution in [1.82, 2.24) is 0 Å². The lowest BCUT2D eigenvalue weighted by Crippen LogP contribution is -2.39. The average Bonchev–Trinajstić information content (AvgIpc) is 2.65. The third kappa shape index (κ3) is 2.65. The van der Waals surface area contributed by atoms with Gasteiger partial charge in [0.2, 0.25) is 5.78 Å². The van der Waals surface area contributed by atoms with E-state index in [2.05, 4.69) is 8.86 Å². The van der Waals surface area contributed by atoms with Crippen LogP contribution >= 0.6 is 8.86 Å². The Labute approximate surface area is 138 Å². The molecule has 0 spiro atoms. The van der Waals surface area contributed by atoms with Crippen LogP contribution in [0.25, 0.3) is 0 Å². The van der Waals surface area contributed by atoms with E-state index in [4.69, 9.17) is 0 Å². The molecule has 1 atom stereocenters. The molecule has 0 aromatic heterocycles. The second-order valence-electron chi connectivity index (χ2n) is 5.38. The molecule has 0 heterocycles. The Morgan fingerprint density at radius 3 is 1.22 bits per heavy atom. The third-order valence-electron chi connectivity index (χ3n) is 4.14. The Bertz CT molecular complexity index is 698. The molecule has 3 rings (SSSR count). The van der Waals surface area contributed by atoms with Crippen LogP contribution in [-0.4, -0.2) is 11.6 Å². The lowest BCUT2D eigenvalue weighted by atomic mass is 9.67. The molecule has 0 radical (unpaired) electrons. The normalized spacial score (nSPS) is 11.0. The van der Waals surface area contributed by atoms with Crippen molar-refractivity contribution in [2.45, 2.75) is 5.41 Å². The van der Waals surface area contributed by atoms with Crippen LogP contribution in [-0.2, 0) is 10.2 Å². The van der Waals surface area contributed by atoms with Crippen LogP contribution in [0.1, 0.15) is 16.7 Å². The number of hydrogen-bond acceptors (Lipinski definition) is 1. The molecule has 3 aromatic carbocycles. The molecule has 112 valence electrons. The molecular weight excluding hydrogens is 299 g/mol. The summed E-state index contributed by atoms with van der Waals surface area (Å²) in [5.41, 5.74) is 2.09. The van der Waals surface area contributed by atoms with Crippen LogP contribution < -0.4 is 0 Å². The van der Waals surface area contributed by atoms with Gasteiger partial charge in [-0.25, -0.2) is 0 Å². The minimum atomic E-state index is -0.828. The Morgan fingerprint density at radius 1 is 0.652 bits per heavy atom. The molecule has 0 amide bonds. The van der Waals surface area contributed by atoms with Crippen molar-refractivity contribution in [3.63, 3.8) is 0 Å². The van der Waals surface area contributed by atoms with Gasteiger partial charge in [0.1, 0.15) is 11.2 Å². The summed E-state index contributed by atoms with van der Waals surface area (Å²) < 4.78 is 0. The van der Waals surface area contributed by atoms with Crippen LogP contribution in [0.4, 0.5) is 0 Å². The molecule has 0 aliphatic carbocycles. The second kappa shape index (κ2) is 6.73. The maximum atomic E-state index is 13.2. The van der Waals surface area contributed by atoms with Crippen LogP contribution in [0.3, 0.4) is 0 Å². The predicted octanol–water partition coefficient (Wildman–Crippen LogP) is 4.27. The van der Waals surface area contributed by atoms with Gasteiger partial charge in [-0.15, -0.1) is 0 Å². The van der Waals surface area contributed by atoms with E-state index >= 15 is 0 Å². The van der Waals surface area contributed by atoms with Crippen molar-refractivity contribution < 1.29 is 4.79 Å². The van der Waals surface area contributed by atoms with E-state index < -0.39 is 5.41 Å². The van der Waals surface area contributed by atoms with Gasteiger partial charge in [0.25, 0.3) is 0 Å². The molecule has 3 aromatic rings. The summed E-state index contributed by atoms with van der Waals surface area (Å²) in [6.45, 7) is 0. The van der Waals surface area contributed by atoms with Crippen molar-refractivity contribution in [2.24, 2.45) is 0 Å². The molecule has 0 fully saturated rings. The lowest BCUT2D eigenvalue weighted by molar-refractivity contribution is -0.115. The fourth-order valence-electron chi connectivity index (χ4n) is 3.12. The van der Waals surface area contributed by atoms with Gasteiger partial charge >= 0.3 is 0 Å². The first-order valence-corrected chi connectivity index (χ1v) is 8.22. The maximum absolute atomic E-state index is 13.2. The summed E-state index contributed by atoms with van der Waals surface area (Å²) in [7, 11) is 2.46. The Kier molecular flexibility index (Phi) is 4.50. The molecule has 2 heteroatoms. The summed E-state index contributed by atoms with van der Waals surface area (Å²) in [4.78, 5) is 13.2.